The number of alkyl halides is 1. The summed E-state index contributed by atoms with van der Waals surface area (Å²) in [6.07, 6.45) is 5.77. The van der Waals surface area contributed by atoms with Crippen molar-refractivity contribution in [3.05, 3.63) is 118 Å². The number of fused-ring (bicyclic) bond motifs is 1. The summed E-state index contributed by atoms with van der Waals surface area (Å²) >= 11 is 13.9. The smallest absolute Gasteiger partial charge is 0.136 e. The second kappa shape index (κ2) is 10.2. The van der Waals surface area contributed by atoms with Crippen molar-refractivity contribution in [1.29, 1.82) is 0 Å². The molecule has 5 rings (SSSR count). The number of rotatable bonds is 6. The van der Waals surface area contributed by atoms with E-state index in [1.165, 1.54) is 11.1 Å². The summed E-state index contributed by atoms with van der Waals surface area (Å²) in [7, 11) is 5.85. The SMILES string of the molecule is CCCc1cccc(-c2cc(=NC)n(C)c3ccc(C(Cl)(c4ccc(Cl)cc4)c4cncn4C)cc23)c1. The van der Waals surface area contributed by atoms with Crippen LogP contribution in [0, 0.1) is 0 Å². The number of hydrogen-bond donors (Lipinski definition) is 0. The molecule has 0 saturated heterocycles. The zero-order valence-electron chi connectivity index (χ0n) is 21.5. The van der Waals surface area contributed by atoms with Crippen LogP contribution >= 0.6 is 23.2 Å². The fourth-order valence-electron chi connectivity index (χ4n) is 5.15. The number of benzene rings is 3. The number of halogens is 2. The summed E-state index contributed by atoms with van der Waals surface area (Å²) in [5.41, 5.74) is 8.40. The summed E-state index contributed by atoms with van der Waals surface area (Å²) in [5.74, 6) is 0. The Morgan fingerprint density at radius 2 is 1.70 bits per heavy atom. The summed E-state index contributed by atoms with van der Waals surface area (Å²) < 4.78 is 4.10. The van der Waals surface area contributed by atoms with Gasteiger partial charge in [0.1, 0.15) is 10.4 Å². The molecule has 0 saturated carbocycles. The van der Waals surface area contributed by atoms with Crippen LogP contribution in [0.3, 0.4) is 0 Å². The highest BCUT2D eigenvalue weighted by Crippen LogP contribution is 2.44. The van der Waals surface area contributed by atoms with Crippen molar-refractivity contribution in [1.82, 2.24) is 14.1 Å². The van der Waals surface area contributed by atoms with Gasteiger partial charge in [0.05, 0.1) is 18.2 Å². The molecule has 0 aliphatic carbocycles. The minimum absolute atomic E-state index is 0.670. The number of aryl methyl sites for hydroxylation is 3. The second-order valence-electron chi connectivity index (χ2n) is 9.44. The molecule has 188 valence electrons. The maximum Gasteiger partial charge on any atom is 0.136 e. The minimum Gasteiger partial charge on any atom is -0.336 e. The molecule has 3 aromatic carbocycles. The van der Waals surface area contributed by atoms with Gasteiger partial charge in [-0.1, -0.05) is 67.4 Å². The van der Waals surface area contributed by atoms with Gasteiger partial charge in [0.15, 0.2) is 0 Å². The molecule has 37 heavy (non-hydrogen) atoms. The number of hydrogen-bond acceptors (Lipinski definition) is 2. The normalized spacial score (nSPS) is 13.7. The Labute approximate surface area is 227 Å². The van der Waals surface area contributed by atoms with Crippen LogP contribution in [0.5, 0.6) is 0 Å². The predicted molar refractivity (Wildman–Crippen MR) is 154 cm³/mol. The summed E-state index contributed by atoms with van der Waals surface area (Å²) in [4.78, 5) is 7.98. The van der Waals surface area contributed by atoms with Gasteiger partial charge in [0, 0.05) is 37.1 Å². The van der Waals surface area contributed by atoms with E-state index in [2.05, 4.69) is 77.0 Å². The maximum atomic E-state index is 7.65. The van der Waals surface area contributed by atoms with Crippen LogP contribution in [0.1, 0.15) is 35.7 Å². The Bertz CT molecular complexity index is 1650. The third-order valence-corrected chi connectivity index (χ3v) is 7.96. The average Bonchev–Trinajstić information content (AvgIpc) is 3.35. The molecule has 0 aliphatic heterocycles. The van der Waals surface area contributed by atoms with E-state index in [0.717, 1.165) is 51.6 Å². The van der Waals surface area contributed by atoms with Gasteiger partial charge < -0.3 is 9.13 Å². The Morgan fingerprint density at radius 1 is 0.946 bits per heavy atom. The first-order valence-corrected chi connectivity index (χ1v) is 13.2. The lowest BCUT2D eigenvalue weighted by Crippen LogP contribution is -2.25. The van der Waals surface area contributed by atoms with Crippen molar-refractivity contribution < 1.29 is 0 Å². The van der Waals surface area contributed by atoms with Crippen molar-refractivity contribution in [2.45, 2.75) is 24.6 Å². The minimum atomic E-state index is -0.961. The van der Waals surface area contributed by atoms with E-state index < -0.39 is 4.87 Å². The topological polar surface area (TPSA) is 35.1 Å². The van der Waals surface area contributed by atoms with Gasteiger partial charge in [0.2, 0.25) is 0 Å². The number of aromatic nitrogens is 3. The molecule has 0 spiro atoms. The second-order valence-corrected chi connectivity index (χ2v) is 10.4. The number of nitrogens with zero attached hydrogens (tertiary/aromatic N) is 4. The molecular formula is C31H30Cl2N4. The average molecular weight is 530 g/mol. The van der Waals surface area contributed by atoms with Gasteiger partial charge in [-0.05, 0) is 64.6 Å². The van der Waals surface area contributed by atoms with E-state index in [1.807, 2.05) is 49.1 Å². The summed E-state index contributed by atoms with van der Waals surface area (Å²) in [6, 6.07) is 25.2. The largest absolute Gasteiger partial charge is 0.336 e. The lowest BCUT2D eigenvalue weighted by Gasteiger charge is -2.29. The molecule has 2 aromatic heterocycles. The summed E-state index contributed by atoms with van der Waals surface area (Å²) in [6.45, 7) is 2.21. The maximum absolute atomic E-state index is 7.65. The highest BCUT2D eigenvalue weighted by atomic mass is 35.5. The van der Waals surface area contributed by atoms with Crippen LogP contribution in [0.15, 0.2) is 90.3 Å². The first-order valence-electron chi connectivity index (χ1n) is 12.4. The van der Waals surface area contributed by atoms with Crippen molar-refractivity contribution in [2.75, 3.05) is 7.05 Å². The number of pyridine rings is 1. The van der Waals surface area contributed by atoms with Crippen LogP contribution < -0.4 is 5.49 Å². The van der Waals surface area contributed by atoms with Crippen molar-refractivity contribution in [3.63, 3.8) is 0 Å². The molecule has 0 radical (unpaired) electrons. The van der Waals surface area contributed by atoms with Crippen molar-refractivity contribution >= 4 is 34.1 Å². The standard InChI is InChI=1S/C31H30Cl2N4/c1-5-7-21-8-6-9-22(16-21)26-18-30(34-2)37(4)28-15-12-24(17-27(26)28)31(33,29-19-35-20-36(29)3)23-10-13-25(32)14-11-23/h6,8-20H,5,7H2,1-4H3. The lowest BCUT2D eigenvalue weighted by atomic mass is 9.86. The molecule has 5 aromatic rings. The van der Waals surface area contributed by atoms with E-state index in [0.29, 0.717) is 5.02 Å². The van der Waals surface area contributed by atoms with Crippen LogP contribution in [-0.4, -0.2) is 21.2 Å². The zero-order valence-corrected chi connectivity index (χ0v) is 23.1. The fourth-order valence-corrected chi connectivity index (χ4v) is 5.70. The van der Waals surface area contributed by atoms with Gasteiger partial charge in [0.25, 0.3) is 0 Å². The molecule has 0 bridgehead atoms. The van der Waals surface area contributed by atoms with Crippen LogP contribution in [-0.2, 0) is 25.4 Å². The predicted octanol–water partition coefficient (Wildman–Crippen LogP) is 7.25. The zero-order chi connectivity index (χ0) is 26.2. The molecule has 0 fully saturated rings. The molecule has 0 amide bonds. The lowest BCUT2D eigenvalue weighted by molar-refractivity contribution is 0.746. The van der Waals surface area contributed by atoms with Gasteiger partial charge in [-0.25, -0.2) is 4.98 Å². The molecule has 0 aliphatic rings. The first-order chi connectivity index (χ1) is 17.9. The van der Waals surface area contributed by atoms with Gasteiger partial charge in [-0.3, -0.25) is 4.99 Å². The van der Waals surface area contributed by atoms with E-state index in [9.17, 15) is 0 Å². The van der Waals surface area contributed by atoms with Crippen LogP contribution in [0.25, 0.3) is 22.0 Å². The molecule has 1 atom stereocenters. The van der Waals surface area contributed by atoms with Crippen LogP contribution in [0.4, 0.5) is 0 Å². The molecule has 4 nitrogen and oxygen atoms in total. The van der Waals surface area contributed by atoms with E-state index in [1.54, 1.807) is 6.33 Å². The molecule has 1 unspecified atom stereocenters. The molecule has 6 heteroatoms. The van der Waals surface area contributed by atoms with Gasteiger partial charge in [-0.2, -0.15) is 0 Å². The Balaban J connectivity index is 1.82. The first kappa shape index (κ1) is 25.3. The Kier molecular flexibility index (Phi) is 6.98. The third kappa shape index (κ3) is 4.49. The molecule has 2 heterocycles. The third-order valence-electron chi connectivity index (χ3n) is 7.08. The monoisotopic (exact) mass is 528 g/mol. The van der Waals surface area contributed by atoms with Crippen LogP contribution in [0.2, 0.25) is 5.02 Å². The van der Waals surface area contributed by atoms with E-state index in [-0.39, 0.29) is 0 Å². The quantitative estimate of drug-likeness (QED) is 0.214. The number of imidazole rings is 1. The van der Waals surface area contributed by atoms with Gasteiger partial charge in [-0.15, -0.1) is 11.6 Å². The molecular weight excluding hydrogens is 499 g/mol. The Morgan fingerprint density at radius 3 is 2.38 bits per heavy atom. The Hall–Kier alpha value is -3.34. The van der Waals surface area contributed by atoms with E-state index >= 15 is 0 Å². The van der Waals surface area contributed by atoms with Crippen molar-refractivity contribution in [3.8, 4) is 11.1 Å². The summed E-state index contributed by atoms with van der Waals surface area (Å²) in [5, 5.41) is 1.78. The fraction of sp³-hybridized carbons (Fsp3) is 0.226. The molecule has 0 N–H and O–H groups in total. The highest BCUT2D eigenvalue weighted by molar-refractivity contribution is 6.31. The van der Waals surface area contributed by atoms with Gasteiger partial charge >= 0.3 is 0 Å². The highest BCUT2D eigenvalue weighted by Gasteiger charge is 2.37. The van der Waals surface area contributed by atoms with Crippen molar-refractivity contribution in [2.24, 2.45) is 19.1 Å². The van der Waals surface area contributed by atoms with E-state index in [4.69, 9.17) is 23.2 Å².